The molecule has 0 aliphatic heterocycles. The molecule has 0 unspecified atom stereocenters. The Balaban J connectivity index is 1.82. The molecule has 1 aromatic carbocycles. The second-order valence-electron chi connectivity index (χ2n) is 5.29. The third-order valence-corrected chi connectivity index (χ3v) is 3.35. The molecule has 1 amide bonds. The van der Waals surface area contributed by atoms with E-state index in [-0.39, 0.29) is 17.8 Å². The Morgan fingerprint density at radius 3 is 2.82 bits per heavy atom. The molecule has 7 nitrogen and oxygen atoms in total. The predicted molar refractivity (Wildman–Crippen MR) is 83.3 cm³/mol. The van der Waals surface area contributed by atoms with Gasteiger partial charge in [-0.1, -0.05) is 13.8 Å². The van der Waals surface area contributed by atoms with Gasteiger partial charge >= 0.3 is 0 Å². The van der Waals surface area contributed by atoms with Crippen LogP contribution in [-0.4, -0.2) is 33.2 Å². The Bertz CT molecular complexity index is 818. The molecule has 2 aromatic heterocycles. The van der Waals surface area contributed by atoms with Gasteiger partial charge in [0.2, 0.25) is 5.95 Å². The lowest BCUT2D eigenvalue weighted by molar-refractivity contribution is 0.102. The van der Waals surface area contributed by atoms with Gasteiger partial charge in [-0.2, -0.15) is 4.98 Å². The molecule has 0 radical (unpaired) electrons. The van der Waals surface area contributed by atoms with Crippen LogP contribution in [0.5, 0.6) is 5.75 Å². The molecule has 22 heavy (non-hydrogen) atoms. The number of H-pyrrole nitrogens is 2. The van der Waals surface area contributed by atoms with Crippen LogP contribution in [-0.2, 0) is 0 Å². The molecule has 2 heterocycles. The minimum absolute atomic E-state index is 0.221. The molecule has 0 saturated heterocycles. The van der Waals surface area contributed by atoms with Crippen molar-refractivity contribution in [3.63, 3.8) is 0 Å². The molecule has 0 saturated carbocycles. The smallest absolute Gasteiger partial charge is 0.274 e. The van der Waals surface area contributed by atoms with Crippen molar-refractivity contribution in [1.82, 2.24) is 20.2 Å². The number of benzene rings is 1. The van der Waals surface area contributed by atoms with E-state index >= 15 is 0 Å². The van der Waals surface area contributed by atoms with Crippen LogP contribution in [0.25, 0.3) is 10.9 Å². The molecular weight excluding hydrogens is 282 g/mol. The molecule has 0 aliphatic carbocycles. The van der Waals surface area contributed by atoms with Gasteiger partial charge in [-0.3, -0.25) is 15.2 Å². The summed E-state index contributed by atoms with van der Waals surface area (Å²) in [4.78, 5) is 19.5. The van der Waals surface area contributed by atoms with Gasteiger partial charge in [-0.15, -0.1) is 5.10 Å². The van der Waals surface area contributed by atoms with Crippen molar-refractivity contribution in [3.8, 4) is 5.75 Å². The number of fused-ring (bicyclic) bond motifs is 1. The van der Waals surface area contributed by atoms with Gasteiger partial charge in [0.15, 0.2) is 0 Å². The Morgan fingerprint density at radius 2 is 2.14 bits per heavy atom. The van der Waals surface area contributed by atoms with Crippen LogP contribution < -0.4 is 10.1 Å². The zero-order chi connectivity index (χ0) is 15.7. The molecule has 114 valence electrons. The van der Waals surface area contributed by atoms with Gasteiger partial charge in [0, 0.05) is 16.8 Å². The average Bonchev–Trinajstić information content (AvgIpc) is 3.12. The van der Waals surface area contributed by atoms with E-state index in [1.54, 1.807) is 13.2 Å². The monoisotopic (exact) mass is 299 g/mol. The number of ether oxygens (including phenoxy) is 1. The second kappa shape index (κ2) is 5.51. The van der Waals surface area contributed by atoms with Crippen molar-refractivity contribution in [2.24, 2.45) is 0 Å². The summed E-state index contributed by atoms with van der Waals surface area (Å²) in [7, 11) is 1.61. The summed E-state index contributed by atoms with van der Waals surface area (Å²) < 4.78 is 5.17. The fraction of sp³-hybridized carbons (Fsp3) is 0.267. The molecule has 3 N–H and O–H groups in total. The zero-order valence-electron chi connectivity index (χ0n) is 12.6. The van der Waals surface area contributed by atoms with E-state index in [4.69, 9.17) is 4.74 Å². The summed E-state index contributed by atoms with van der Waals surface area (Å²) in [5.74, 6) is 1.68. The number of amides is 1. The zero-order valence-corrected chi connectivity index (χ0v) is 12.6. The summed E-state index contributed by atoms with van der Waals surface area (Å²) in [6.45, 7) is 3.99. The Morgan fingerprint density at radius 1 is 1.32 bits per heavy atom. The van der Waals surface area contributed by atoms with Crippen LogP contribution in [0.1, 0.15) is 36.1 Å². The van der Waals surface area contributed by atoms with E-state index in [0.29, 0.717) is 5.69 Å². The third-order valence-electron chi connectivity index (χ3n) is 3.35. The highest BCUT2D eigenvalue weighted by Crippen LogP contribution is 2.21. The average molecular weight is 299 g/mol. The van der Waals surface area contributed by atoms with E-state index in [0.717, 1.165) is 22.5 Å². The number of carbonyl (C=O) groups is 1. The number of hydrogen-bond donors (Lipinski definition) is 3. The first-order valence-electron chi connectivity index (χ1n) is 6.97. The number of nitrogens with zero attached hydrogens (tertiary/aromatic N) is 2. The Kier molecular flexibility index (Phi) is 3.54. The molecule has 0 fully saturated rings. The molecule has 3 rings (SSSR count). The van der Waals surface area contributed by atoms with Gasteiger partial charge in [0.25, 0.3) is 5.91 Å². The van der Waals surface area contributed by atoms with Crippen LogP contribution in [0.15, 0.2) is 24.3 Å². The summed E-state index contributed by atoms with van der Waals surface area (Å²) in [5.41, 5.74) is 1.31. The standard InChI is InChI=1S/C15H17N5O2/c1-8(2)13-17-15(20-19-13)18-14(21)12-7-9-6-10(22-3)4-5-11(9)16-12/h4-8,16H,1-3H3,(H2,17,18,19,20,21). The van der Waals surface area contributed by atoms with Crippen LogP contribution >= 0.6 is 0 Å². The highest BCUT2D eigenvalue weighted by Gasteiger charge is 2.13. The number of rotatable bonds is 4. The van der Waals surface area contributed by atoms with Crippen molar-refractivity contribution in [1.29, 1.82) is 0 Å². The number of aromatic amines is 2. The number of hydrogen-bond acceptors (Lipinski definition) is 4. The number of carbonyl (C=O) groups excluding carboxylic acids is 1. The molecule has 3 aromatic rings. The lowest BCUT2D eigenvalue weighted by atomic mass is 10.2. The van der Waals surface area contributed by atoms with Crippen molar-refractivity contribution in [3.05, 3.63) is 35.8 Å². The maximum Gasteiger partial charge on any atom is 0.274 e. The normalized spacial score (nSPS) is 11.1. The van der Waals surface area contributed by atoms with Crippen LogP contribution in [0.2, 0.25) is 0 Å². The highest BCUT2D eigenvalue weighted by molar-refractivity contribution is 6.05. The second-order valence-corrected chi connectivity index (χ2v) is 5.29. The minimum atomic E-state index is -0.288. The van der Waals surface area contributed by atoms with Crippen LogP contribution in [0, 0.1) is 0 Å². The van der Waals surface area contributed by atoms with E-state index in [9.17, 15) is 4.79 Å². The topological polar surface area (TPSA) is 95.7 Å². The molecule has 0 atom stereocenters. The molecule has 0 bridgehead atoms. The van der Waals surface area contributed by atoms with Gasteiger partial charge < -0.3 is 9.72 Å². The highest BCUT2D eigenvalue weighted by atomic mass is 16.5. The maximum atomic E-state index is 12.2. The number of aromatic nitrogens is 4. The fourth-order valence-electron chi connectivity index (χ4n) is 2.12. The lowest BCUT2D eigenvalue weighted by Crippen LogP contribution is -2.13. The van der Waals surface area contributed by atoms with Gasteiger partial charge in [0.05, 0.1) is 7.11 Å². The van der Waals surface area contributed by atoms with Gasteiger partial charge in [-0.25, -0.2) is 0 Å². The van der Waals surface area contributed by atoms with Gasteiger partial charge in [-0.05, 0) is 24.3 Å². The molecule has 7 heteroatoms. The number of nitrogens with one attached hydrogen (secondary N) is 3. The van der Waals surface area contributed by atoms with E-state index in [1.807, 2.05) is 32.0 Å². The maximum absolute atomic E-state index is 12.2. The van der Waals surface area contributed by atoms with Crippen molar-refractivity contribution >= 4 is 22.8 Å². The fourth-order valence-corrected chi connectivity index (χ4v) is 2.12. The quantitative estimate of drug-likeness (QED) is 0.690. The Hall–Kier alpha value is -2.83. The summed E-state index contributed by atoms with van der Waals surface area (Å²) >= 11 is 0. The minimum Gasteiger partial charge on any atom is -0.497 e. The third kappa shape index (κ3) is 2.65. The predicted octanol–water partition coefficient (Wildman–Crippen LogP) is 2.67. The summed E-state index contributed by atoms with van der Waals surface area (Å²) in [5, 5.41) is 10.4. The molecular formula is C15H17N5O2. The van der Waals surface area contributed by atoms with Crippen molar-refractivity contribution < 1.29 is 9.53 Å². The summed E-state index contributed by atoms with van der Waals surface area (Å²) in [6, 6.07) is 7.34. The van der Waals surface area contributed by atoms with Crippen molar-refractivity contribution in [2.75, 3.05) is 12.4 Å². The van der Waals surface area contributed by atoms with Crippen molar-refractivity contribution in [2.45, 2.75) is 19.8 Å². The molecule has 0 aliphatic rings. The number of methoxy groups -OCH3 is 1. The SMILES string of the molecule is COc1ccc2[nH]c(C(=O)Nc3n[nH]c(C(C)C)n3)cc2c1. The first-order chi connectivity index (χ1) is 10.6. The first-order valence-corrected chi connectivity index (χ1v) is 6.97. The van der Waals surface area contributed by atoms with Gasteiger partial charge in [0.1, 0.15) is 17.3 Å². The van der Waals surface area contributed by atoms with Crippen LogP contribution in [0.4, 0.5) is 5.95 Å². The molecule has 0 spiro atoms. The lowest BCUT2D eigenvalue weighted by Gasteiger charge is -1.98. The summed E-state index contributed by atoms with van der Waals surface area (Å²) in [6.07, 6.45) is 0. The number of anilines is 1. The first kappa shape index (κ1) is 14.1. The van der Waals surface area contributed by atoms with Crippen LogP contribution in [0.3, 0.4) is 0 Å². The Labute approximate surface area is 127 Å². The van der Waals surface area contributed by atoms with E-state index in [2.05, 4.69) is 25.5 Å². The largest absolute Gasteiger partial charge is 0.497 e. The van der Waals surface area contributed by atoms with E-state index < -0.39 is 0 Å². The van der Waals surface area contributed by atoms with E-state index in [1.165, 1.54) is 0 Å².